The van der Waals surface area contributed by atoms with Crippen molar-refractivity contribution in [2.75, 3.05) is 33.4 Å². The highest BCUT2D eigenvalue weighted by atomic mass is 31.2. The lowest BCUT2D eigenvalue weighted by molar-refractivity contribution is 0.0199. The molecule has 1 aromatic rings. The van der Waals surface area contributed by atoms with E-state index in [1.54, 1.807) is 7.11 Å². The van der Waals surface area contributed by atoms with Gasteiger partial charge in [0.2, 0.25) is 0 Å². The van der Waals surface area contributed by atoms with E-state index in [0.29, 0.717) is 26.3 Å². The summed E-state index contributed by atoms with van der Waals surface area (Å²) in [6.45, 7) is 10.1. The van der Waals surface area contributed by atoms with E-state index >= 15 is 0 Å². The Kier molecular flexibility index (Phi) is 7.47. The van der Waals surface area contributed by atoms with Gasteiger partial charge in [0.1, 0.15) is 11.5 Å². The van der Waals surface area contributed by atoms with Crippen LogP contribution in [-0.4, -0.2) is 50.5 Å². The standard InChI is InChI=1S/C18H30NO5P/c1-14(2)23-25(20,24-15(3)4)18(19-10-12-22-13-11-19)16-6-8-17(21-5)9-7-16/h6-9,14-15,18H,10-13H2,1-5H3. The molecule has 1 fully saturated rings. The van der Waals surface area contributed by atoms with Gasteiger partial charge in [-0.25, -0.2) is 0 Å². The Bertz CT molecular complexity index is 555. The van der Waals surface area contributed by atoms with Crippen molar-refractivity contribution in [2.24, 2.45) is 0 Å². The maximum absolute atomic E-state index is 13.8. The van der Waals surface area contributed by atoms with E-state index in [-0.39, 0.29) is 12.2 Å². The summed E-state index contributed by atoms with van der Waals surface area (Å²) in [5.41, 5.74) is 0.896. The Morgan fingerprint density at radius 1 is 1.00 bits per heavy atom. The van der Waals surface area contributed by atoms with Gasteiger partial charge in [-0.1, -0.05) is 12.1 Å². The van der Waals surface area contributed by atoms with Gasteiger partial charge in [0.15, 0.2) is 0 Å². The van der Waals surface area contributed by atoms with Crippen molar-refractivity contribution >= 4 is 7.60 Å². The summed E-state index contributed by atoms with van der Waals surface area (Å²) in [4.78, 5) is 2.14. The number of ether oxygens (including phenoxy) is 2. The normalized spacial score (nSPS) is 17.9. The molecule has 0 saturated carbocycles. The van der Waals surface area contributed by atoms with Gasteiger partial charge in [-0.3, -0.25) is 9.46 Å². The van der Waals surface area contributed by atoms with Crippen molar-refractivity contribution in [1.29, 1.82) is 0 Å². The Labute approximate surface area is 150 Å². The summed E-state index contributed by atoms with van der Waals surface area (Å²) >= 11 is 0. The van der Waals surface area contributed by atoms with Gasteiger partial charge < -0.3 is 18.5 Å². The van der Waals surface area contributed by atoms with Crippen LogP contribution in [0.5, 0.6) is 5.75 Å². The monoisotopic (exact) mass is 371 g/mol. The third-order valence-electron chi connectivity index (χ3n) is 3.82. The van der Waals surface area contributed by atoms with E-state index in [1.807, 2.05) is 52.0 Å². The molecular formula is C18H30NO5P. The molecule has 7 heteroatoms. The van der Waals surface area contributed by atoms with Crippen LogP contribution < -0.4 is 4.74 Å². The maximum Gasteiger partial charge on any atom is 0.352 e. The van der Waals surface area contributed by atoms with E-state index in [0.717, 1.165) is 11.3 Å². The van der Waals surface area contributed by atoms with E-state index in [1.165, 1.54) is 0 Å². The molecule has 6 nitrogen and oxygen atoms in total. The number of methoxy groups -OCH3 is 1. The molecule has 1 aliphatic rings. The van der Waals surface area contributed by atoms with Crippen LogP contribution in [0.2, 0.25) is 0 Å². The Morgan fingerprint density at radius 2 is 1.52 bits per heavy atom. The summed E-state index contributed by atoms with van der Waals surface area (Å²) in [7, 11) is -1.80. The minimum Gasteiger partial charge on any atom is -0.497 e. The quantitative estimate of drug-likeness (QED) is 0.642. The van der Waals surface area contributed by atoms with Crippen molar-refractivity contribution in [3.05, 3.63) is 29.8 Å². The van der Waals surface area contributed by atoms with Gasteiger partial charge in [-0.2, -0.15) is 0 Å². The third-order valence-corrected chi connectivity index (χ3v) is 6.48. The summed E-state index contributed by atoms with van der Waals surface area (Å²) in [5.74, 6) is 0.293. The summed E-state index contributed by atoms with van der Waals surface area (Å²) in [5, 5.41) is 0. The number of morpholine rings is 1. The second-order valence-corrected chi connectivity index (χ2v) is 8.63. The zero-order valence-corrected chi connectivity index (χ0v) is 16.7. The highest BCUT2D eigenvalue weighted by molar-refractivity contribution is 7.54. The molecule has 1 atom stereocenters. The summed E-state index contributed by atoms with van der Waals surface area (Å²) in [6, 6.07) is 7.60. The Balaban J connectivity index is 2.43. The summed E-state index contributed by atoms with van der Waals surface area (Å²) < 4.78 is 36.3. The van der Waals surface area contributed by atoms with E-state index < -0.39 is 13.4 Å². The van der Waals surface area contributed by atoms with Crippen molar-refractivity contribution in [2.45, 2.75) is 45.7 Å². The largest absolute Gasteiger partial charge is 0.497 e. The van der Waals surface area contributed by atoms with Crippen molar-refractivity contribution in [3.63, 3.8) is 0 Å². The molecule has 0 aromatic heterocycles. The fraction of sp³-hybridized carbons (Fsp3) is 0.667. The topological polar surface area (TPSA) is 57.2 Å². The van der Waals surface area contributed by atoms with Crippen LogP contribution in [0.15, 0.2) is 24.3 Å². The highest BCUT2D eigenvalue weighted by Crippen LogP contribution is 2.63. The molecule has 1 unspecified atom stereocenters. The number of rotatable bonds is 8. The van der Waals surface area contributed by atoms with Crippen molar-refractivity contribution in [3.8, 4) is 5.75 Å². The second-order valence-electron chi connectivity index (χ2n) is 6.64. The molecule has 25 heavy (non-hydrogen) atoms. The molecule has 1 saturated heterocycles. The molecule has 0 bridgehead atoms. The SMILES string of the molecule is COc1ccc(C(N2CCOCC2)P(=O)(OC(C)C)OC(C)C)cc1. The number of nitrogens with zero attached hydrogens (tertiary/aromatic N) is 1. The molecule has 1 heterocycles. The molecule has 1 aliphatic heterocycles. The lowest BCUT2D eigenvalue weighted by atomic mass is 10.2. The lowest BCUT2D eigenvalue weighted by Crippen LogP contribution is -2.40. The van der Waals surface area contributed by atoms with Crippen LogP contribution in [0.1, 0.15) is 39.0 Å². The van der Waals surface area contributed by atoms with Gasteiger partial charge in [0, 0.05) is 13.1 Å². The van der Waals surface area contributed by atoms with E-state index in [9.17, 15) is 4.57 Å². The minimum atomic E-state index is -3.43. The van der Waals surface area contributed by atoms with Gasteiger partial charge in [0.05, 0.1) is 32.5 Å². The van der Waals surface area contributed by atoms with Gasteiger partial charge in [-0.05, 0) is 45.4 Å². The molecule has 0 amide bonds. The lowest BCUT2D eigenvalue weighted by Gasteiger charge is -2.39. The average Bonchev–Trinajstić information content (AvgIpc) is 2.55. The smallest absolute Gasteiger partial charge is 0.352 e. The fourth-order valence-electron chi connectivity index (χ4n) is 2.92. The zero-order valence-electron chi connectivity index (χ0n) is 15.8. The van der Waals surface area contributed by atoms with Gasteiger partial charge in [0.25, 0.3) is 0 Å². The predicted molar refractivity (Wildman–Crippen MR) is 98.2 cm³/mol. The first kappa shape index (κ1) is 20.4. The molecule has 0 radical (unpaired) electrons. The van der Waals surface area contributed by atoms with Gasteiger partial charge in [-0.15, -0.1) is 0 Å². The molecule has 142 valence electrons. The maximum atomic E-state index is 13.8. The molecule has 1 aromatic carbocycles. The first-order valence-electron chi connectivity index (χ1n) is 8.78. The molecule has 0 spiro atoms. The molecular weight excluding hydrogens is 341 g/mol. The van der Waals surface area contributed by atoms with Crippen LogP contribution >= 0.6 is 7.60 Å². The molecule has 0 N–H and O–H groups in total. The van der Waals surface area contributed by atoms with Crippen molar-refractivity contribution < 1.29 is 23.1 Å². The fourth-order valence-corrected chi connectivity index (χ4v) is 5.54. The number of hydrogen-bond acceptors (Lipinski definition) is 6. The highest BCUT2D eigenvalue weighted by Gasteiger charge is 2.43. The third kappa shape index (κ3) is 5.53. The first-order valence-corrected chi connectivity index (χ1v) is 10.4. The Morgan fingerprint density at radius 3 is 1.96 bits per heavy atom. The number of benzene rings is 1. The average molecular weight is 371 g/mol. The molecule has 0 aliphatic carbocycles. The minimum absolute atomic E-state index is 0.202. The second kappa shape index (κ2) is 9.15. The van der Waals surface area contributed by atoms with Crippen LogP contribution in [-0.2, 0) is 18.3 Å². The first-order chi connectivity index (χ1) is 11.9. The predicted octanol–water partition coefficient (Wildman–Crippen LogP) is 4.07. The van der Waals surface area contributed by atoms with Crippen LogP contribution in [0.4, 0.5) is 0 Å². The molecule has 2 rings (SSSR count). The summed E-state index contributed by atoms with van der Waals surface area (Å²) in [6.07, 6.45) is -0.405. The van der Waals surface area contributed by atoms with Crippen LogP contribution in [0.3, 0.4) is 0 Å². The van der Waals surface area contributed by atoms with Gasteiger partial charge >= 0.3 is 7.60 Å². The van der Waals surface area contributed by atoms with Crippen molar-refractivity contribution in [1.82, 2.24) is 4.90 Å². The van der Waals surface area contributed by atoms with Crippen LogP contribution in [0.25, 0.3) is 0 Å². The van der Waals surface area contributed by atoms with Crippen LogP contribution in [0, 0.1) is 0 Å². The Hall–Kier alpha value is -0.910. The number of hydrogen-bond donors (Lipinski definition) is 0. The van der Waals surface area contributed by atoms with E-state index in [2.05, 4.69) is 4.90 Å². The van der Waals surface area contributed by atoms with E-state index in [4.69, 9.17) is 18.5 Å². The zero-order chi connectivity index (χ0) is 18.4.